The second-order valence-electron chi connectivity index (χ2n) is 3.96. The second kappa shape index (κ2) is 8.23. The molecule has 0 heterocycles. The van der Waals surface area contributed by atoms with Gasteiger partial charge in [0, 0.05) is 31.1 Å². The van der Waals surface area contributed by atoms with Crippen molar-refractivity contribution in [1.29, 1.82) is 0 Å². The first-order chi connectivity index (χ1) is 9.99. The Balaban J connectivity index is 2.65. The maximum absolute atomic E-state index is 11.8. The van der Waals surface area contributed by atoms with Crippen molar-refractivity contribution in [2.45, 2.75) is 17.7 Å². The van der Waals surface area contributed by atoms with Crippen LogP contribution in [0.15, 0.2) is 41.1 Å². The van der Waals surface area contributed by atoms with E-state index < -0.39 is 23.1 Å². The molecule has 7 heteroatoms. The van der Waals surface area contributed by atoms with E-state index in [1.54, 1.807) is 0 Å². The van der Waals surface area contributed by atoms with Gasteiger partial charge in [-0.2, -0.15) is 5.06 Å². The van der Waals surface area contributed by atoms with Crippen molar-refractivity contribution in [2.24, 2.45) is 0 Å². The van der Waals surface area contributed by atoms with Crippen LogP contribution in [-0.2, 0) is 25.6 Å². The van der Waals surface area contributed by atoms with Crippen molar-refractivity contribution in [3.05, 3.63) is 41.8 Å². The maximum Gasteiger partial charge on any atom is 0.363 e. The summed E-state index contributed by atoms with van der Waals surface area (Å²) in [5.74, 6) is -1.19. The highest BCUT2D eigenvalue weighted by atomic mass is 32.2. The van der Waals surface area contributed by atoms with E-state index >= 15 is 0 Å². The minimum Gasteiger partial charge on any atom is -0.607 e. The maximum atomic E-state index is 11.8. The Morgan fingerprint density at radius 2 is 2.00 bits per heavy atom. The molecular formula is C14H15NO5S. The smallest absolute Gasteiger partial charge is 0.363 e. The van der Waals surface area contributed by atoms with E-state index in [2.05, 4.69) is 6.58 Å². The van der Waals surface area contributed by atoms with Gasteiger partial charge in [-0.3, -0.25) is 4.79 Å². The predicted molar refractivity (Wildman–Crippen MR) is 76.5 cm³/mol. The van der Waals surface area contributed by atoms with E-state index in [0.717, 1.165) is 5.06 Å². The molecule has 0 aliphatic carbocycles. The third-order valence-corrected chi connectivity index (χ3v) is 3.56. The van der Waals surface area contributed by atoms with Crippen molar-refractivity contribution in [3.63, 3.8) is 0 Å². The molecule has 0 spiro atoms. The molecule has 112 valence electrons. The standard InChI is InChI=1S/C14H15NO5S/c1-3-21(19)12-8-6-11(7-9-12)14(18)20-15(2)13(17)5-4-10-16/h3,6-10H,1,4-5H2,2H3. The van der Waals surface area contributed by atoms with Crippen molar-refractivity contribution >= 4 is 29.3 Å². The molecule has 1 atom stereocenters. The van der Waals surface area contributed by atoms with Crippen LogP contribution in [0.25, 0.3) is 0 Å². The number of carbonyl (C=O) groups is 3. The van der Waals surface area contributed by atoms with Crippen molar-refractivity contribution in [1.82, 2.24) is 5.06 Å². The number of benzene rings is 1. The van der Waals surface area contributed by atoms with Crippen LogP contribution in [0.2, 0.25) is 0 Å². The lowest BCUT2D eigenvalue weighted by molar-refractivity contribution is -0.161. The second-order valence-corrected chi connectivity index (χ2v) is 5.36. The first-order valence-electron chi connectivity index (χ1n) is 6.05. The Kier molecular flexibility index (Phi) is 6.64. The van der Waals surface area contributed by atoms with Crippen LogP contribution in [0, 0.1) is 0 Å². The van der Waals surface area contributed by atoms with Crippen molar-refractivity contribution in [3.8, 4) is 0 Å². The van der Waals surface area contributed by atoms with Crippen LogP contribution in [0.3, 0.4) is 0 Å². The highest BCUT2D eigenvalue weighted by Crippen LogP contribution is 2.14. The SMILES string of the molecule is C=C[S+]([O-])c1ccc(C(=O)ON(C)C(=O)CCC=O)cc1. The summed E-state index contributed by atoms with van der Waals surface area (Å²) in [7, 11) is 1.30. The predicted octanol–water partition coefficient (Wildman–Crippen LogP) is 1.45. The van der Waals surface area contributed by atoms with Gasteiger partial charge in [0.15, 0.2) is 4.90 Å². The van der Waals surface area contributed by atoms with Gasteiger partial charge in [0.05, 0.1) is 5.56 Å². The average Bonchev–Trinajstić information content (AvgIpc) is 2.51. The lowest BCUT2D eigenvalue weighted by Crippen LogP contribution is -2.29. The number of rotatable bonds is 6. The molecule has 21 heavy (non-hydrogen) atoms. The third-order valence-electron chi connectivity index (χ3n) is 2.52. The highest BCUT2D eigenvalue weighted by Gasteiger charge is 2.16. The quantitative estimate of drug-likeness (QED) is 0.451. The lowest BCUT2D eigenvalue weighted by Gasteiger charge is -2.15. The zero-order valence-electron chi connectivity index (χ0n) is 11.5. The lowest BCUT2D eigenvalue weighted by atomic mass is 10.2. The number of hydroxylamine groups is 2. The molecule has 1 rings (SSSR count). The van der Waals surface area contributed by atoms with Crippen LogP contribution >= 0.6 is 0 Å². The zero-order chi connectivity index (χ0) is 15.8. The average molecular weight is 309 g/mol. The molecule has 6 nitrogen and oxygen atoms in total. The Bertz CT molecular complexity index is 529. The molecule has 1 amide bonds. The zero-order valence-corrected chi connectivity index (χ0v) is 12.3. The molecule has 0 aliphatic rings. The Hall–Kier alpha value is -2.12. The molecular weight excluding hydrogens is 294 g/mol. The fourth-order valence-corrected chi connectivity index (χ4v) is 1.99. The number of aldehydes is 1. The van der Waals surface area contributed by atoms with E-state index in [0.29, 0.717) is 11.2 Å². The van der Waals surface area contributed by atoms with Crippen LogP contribution < -0.4 is 0 Å². The van der Waals surface area contributed by atoms with Crippen molar-refractivity contribution < 1.29 is 23.8 Å². The van der Waals surface area contributed by atoms with Gasteiger partial charge in [0.25, 0.3) is 5.91 Å². The van der Waals surface area contributed by atoms with E-state index in [-0.39, 0.29) is 18.4 Å². The third kappa shape index (κ3) is 5.05. The van der Waals surface area contributed by atoms with Gasteiger partial charge >= 0.3 is 5.97 Å². The molecule has 0 aliphatic heterocycles. The van der Waals surface area contributed by atoms with Gasteiger partial charge in [0.2, 0.25) is 0 Å². The first kappa shape index (κ1) is 16.9. The van der Waals surface area contributed by atoms with E-state index in [1.807, 2.05) is 0 Å². The largest absolute Gasteiger partial charge is 0.607 e. The Morgan fingerprint density at radius 1 is 1.38 bits per heavy atom. The summed E-state index contributed by atoms with van der Waals surface area (Å²) < 4.78 is 11.5. The van der Waals surface area contributed by atoms with Gasteiger partial charge in [-0.05, 0) is 24.3 Å². The summed E-state index contributed by atoms with van der Waals surface area (Å²) in [6, 6.07) is 5.93. The molecule has 0 bridgehead atoms. The minimum absolute atomic E-state index is 0.0233. The van der Waals surface area contributed by atoms with E-state index in [4.69, 9.17) is 4.84 Å². The first-order valence-corrected chi connectivity index (χ1v) is 7.26. The molecule has 0 saturated heterocycles. The van der Waals surface area contributed by atoms with E-state index in [1.165, 1.54) is 36.7 Å². The summed E-state index contributed by atoms with van der Waals surface area (Å²) in [6.45, 7) is 3.42. The van der Waals surface area contributed by atoms with Crippen LogP contribution in [0.5, 0.6) is 0 Å². The minimum atomic E-state index is -1.32. The van der Waals surface area contributed by atoms with E-state index in [9.17, 15) is 18.9 Å². The van der Waals surface area contributed by atoms with Gasteiger partial charge in [-0.15, -0.1) is 0 Å². The molecule has 0 aromatic heterocycles. The molecule has 0 fully saturated rings. The van der Waals surface area contributed by atoms with Gasteiger partial charge in [0.1, 0.15) is 11.7 Å². The fourth-order valence-electron chi connectivity index (χ4n) is 1.39. The Morgan fingerprint density at radius 3 is 2.52 bits per heavy atom. The number of amides is 1. The number of hydrogen-bond donors (Lipinski definition) is 0. The summed E-state index contributed by atoms with van der Waals surface area (Å²) in [5, 5.41) is 2.08. The van der Waals surface area contributed by atoms with Crippen molar-refractivity contribution in [2.75, 3.05) is 7.05 Å². The molecule has 0 N–H and O–H groups in total. The van der Waals surface area contributed by atoms with Gasteiger partial charge in [-0.1, -0.05) is 6.58 Å². The Labute approximate surface area is 125 Å². The molecule has 0 radical (unpaired) electrons. The summed E-state index contributed by atoms with van der Waals surface area (Å²) in [5.41, 5.74) is 0.217. The molecule has 1 unspecified atom stereocenters. The topological polar surface area (TPSA) is 86.7 Å². The van der Waals surface area contributed by atoms with Gasteiger partial charge < -0.3 is 14.2 Å². The summed E-state index contributed by atoms with van der Waals surface area (Å²) in [4.78, 5) is 38.8. The van der Waals surface area contributed by atoms with Crippen LogP contribution in [0.4, 0.5) is 0 Å². The fraction of sp³-hybridized carbons (Fsp3) is 0.214. The number of hydrogen-bond acceptors (Lipinski definition) is 5. The normalized spacial score (nSPS) is 11.3. The molecule has 1 aromatic carbocycles. The highest BCUT2D eigenvalue weighted by molar-refractivity contribution is 7.94. The molecule has 1 aromatic rings. The van der Waals surface area contributed by atoms with Crippen LogP contribution in [0.1, 0.15) is 23.2 Å². The van der Waals surface area contributed by atoms with Gasteiger partial charge in [-0.25, -0.2) is 4.79 Å². The summed E-state index contributed by atoms with van der Waals surface area (Å²) in [6.07, 6.45) is 0.666. The number of carbonyl (C=O) groups excluding carboxylic acids is 3. The summed E-state index contributed by atoms with van der Waals surface area (Å²) >= 11 is -1.32. The molecule has 0 saturated carbocycles. The van der Waals surface area contributed by atoms with Crippen LogP contribution in [-0.4, -0.2) is 34.8 Å². The number of nitrogens with zero attached hydrogens (tertiary/aromatic N) is 1. The monoisotopic (exact) mass is 309 g/mol.